The summed E-state index contributed by atoms with van der Waals surface area (Å²) in [5.74, 6) is 0.130. The molecule has 16 heavy (non-hydrogen) atoms. The van der Waals surface area contributed by atoms with E-state index >= 15 is 0 Å². The Hall–Kier alpha value is -1.04. The zero-order valence-electron chi connectivity index (χ0n) is 8.27. The van der Waals surface area contributed by atoms with Crippen molar-refractivity contribution in [3.8, 4) is 5.75 Å². The van der Waals surface area contributed by atoms with E-state index in [2.05, 4.69) is 15.9 Å². The summed E-state index contributed by atoms with van der Waals surface area (Å²) >= 11 is 2.95. The number of hydrogen-bond acceptors (Lipinski definition) is 2. The predicted octanol–water partition coefficient (Wildman–Crippen LogP) is 3.68. The smallest absolute Gasteiger partial charge is 0.416 e. The maximum absolute atomic E-state index is 12.4. The lowest BCUT2D eigenvalue weighted by Crippen LogP contribution is -2.07. The van der Waals surface area contributed by atoms with Gasteiger partial charge in [0, 0.05) is 0 Å². The van der Waals surface area contributed by atoms with E-state index in [1.807, 2.05) is 0 Å². The molecule has 0 atom stereocenters. The second-order valence-electron chi connectivity index (χ2n) is 2.93. The van der Waals surface area contributed by atoms with Crippen LogP contribution in [0.4, 0.5) is 13.2 Å². The first-order valence-electron chi connectivity index (χ1n) is 4.38. The van der Waals surface area contributed by atoms with Crippen LogP contribution in [0.15, 0.2) is 16.6 Å². The second-order valence-corrected chi connectivity index (χ2v) is 3.78. The highest BCUT2D eigenvalue weighted by Gasteiger charge is 2.32. The van der Waals surface area contributed by atoms with E-state index in [4.69, 9.17) is 4.74 Å². The first-order valence-corrected chi connectivity index (χ1v) is 5.18. The van der Waals surface area contributed by atoms with Gasteiger partial charge in [-0.25, -0.2) is 0 Å². The van der Waals surface area contributed by atoms with Crippen LogP contribution in [-0.2, 0) is 6.18 Å². The van der Waals surface area contributed by atoms with Crippen molar-refractivity contribution in [2.24, 2.45) is 0 Å². The molecular weight excluding hydrogens is 289 g/mol. The van der Waals surface area contributed by atoms with Crippen molar-refractivity contribution in [2.45, 2.75) is 13.1 Å². The summed E-state index contributed by atoms with van der Waals surface area (Å²) in [5, 5.41) is 0. The normalized spacial score (nSPS) is 11.3. The summed E-state index contributed by atoms with van der Waals surface area (Å²) < 4.78 is 42.5. The van der Waals surface area contributed by atoms with Gasteiger partial charge >= 0.3 is 6.18 Å². The van der Waals surface area contributed by atoms with Crippen LogP contribution in [-0.4, -0.2) is 12.9 Å². The Morgan fingerprint density at radius 1 is 1.44 bits per heavy atom. The second kappa shape index (κ2) is 4.86. The van der Waals surface area contributed by atoms with E-state index in [-0.39, 0.29) is 22.4 Å². The van der Waals surface area contributed by atoms with Crippen LogP contribution in [0.1, 0.15) is 22.8 Å². The van der Waals surface area contributed by atoms with E-state index in [0.717, 1.165) is 12.1 Å². The largest absolute Gasteiger partial charge is 0.492 e. The molecule has 0 unspecified atom stereocenters. The molecule has 0 aliphatic heterocycles. The Morgan fingerprint density at radius 2 is 2.06 bits per heavy atom. The average Bonchev–Trinajstić information content (AvgIpc) is 2.19. The van der Waals surface area contributed by atoms with Gasteiger partial charge in [-0.05, 0) is 35.0 Å². The fourth-order valence-electron chi connectivity index (χ4n) is 1.16. The van der Waals surface area contributed by atoms with E-state index in [1.165, 1.54) is 0 Å². The number of hydrogen-bond donors (Lipinski definition) is 0. The third-order valence-corrected chi connectivity index (χ3v) is 2.40. The van der Waals surface area contributed by atoms with Crippen molar-refractivity contribution in [1.82, 2.24) is 0 Å². The van der Waals surface area contributed by atoms with Crippen molar-refractivity contribution < 1.29 is 22.7 Å². The van der Waals surface area contributed by atoms with Crippen LogP contribution in [0.5, 0.6) is 5.75 Å². The first kappa shape index (κ1) is 13.0. The number of carbonyl (C=O) groups is 1. The monoisotopic (exact) mass is 296 g/mol. The SMILES string of the molecule is CCOc1c(Br)cc(C(F)(F)F)cc1C=O. The summed E-state index contributed by atoms with van der Waals surface area (Å²) in [5.41, 5.74) is -1.01. The molecule has 0 aromatic heterocycles. The van der Waals surface area contributed by atoms with Crippen molar-refractivity contribution in [1.29, 1.82) is 0 Å². The molecule has 0 N–H and O–H groups in total. The fourth-order valence-corrected chi connectivity index (χ4v) is 1.75. The molecule has 1 aromatic rings. The number of halogens is 4. The Labute approximate surface area is 98.5 Å². The highest BCUT2D eigenvalue weighted by Crippen LogP contribution is 2.37. The molecule has 6 heteroatoms. The van der Waals surface area contributed by atoms with Gasteiger partial charge in [-0.1, -0.05) is 0 Å². The minimum Gasteiger partial charge on any atom is -0.492 e. The Bertz CT molecular complexity index is 402. The van der Waals surface area contributed by atoms with Crippen molar-refractivity contribution in [3.05, 3.63) is 27.7 Å². The van der Waals surface area contributed by atoms with Gasteiger partial charge in [0.2, 0.25) is 0 Å². The molecule has 0 radical (unpaired) electrons. The van der Waals surface area contributed by atoms with Crippen LogP contribution in [0.25, 0.3) is 0 Å². The zero-order valence-corrected chi connectivity index (χ0v) is 9.85. The quantitative estimate of drug-likeness (QED) is 0.796. The van der Waals surface area contributed by atoms with Gasteiger partial charge in [0.1, 0.15) is 5.75 Å². The molecule has 88 valence electrons. The van der Waals surface area contributed by atoms with Crippen molar-refractivity contribution >= 4 is 22.2 Å². The Balaban J connectivity index is 3.32. The summed E-state index contributed by atoms with van der Waals surface area (Å²) in [4.78, 5) is 10.7. The maximum atomic E-state index is 12.4. The topological polar surface area (TPSA) is 26.3 Å². The summed E-state index contributed by atoms with van der Waals surface area (Å²) in [6, 6.07) is 1.65. The molecule has 0 fully saturated rings. The molecule has 0 saturated heterocycles. The van der Waals surface area contributed by atoms with Crippen LogP contribution in [0, 0.1) is 0 Å². The molecular formula is C10H8BrF3O2. The predicted molar refractivity (Wildman–Crippen MR) is 55.7 cm³/mol. The summed E-state index contributed by atoms with van der Waals surface area (Å²) in [6.45, 7) is 1.95. The average molecular weight is 297 g/mol. The lowest BCUT2D eigenvalue weighted by Gasteiger charge is -2.12. The van der Waals surface area contributed by atoms with E-state index < -0.39 is 11.7 Å². The Morgan fingerprint density at radius 3 is 2.50 bits per heavy atom. The number of alkyl halides is 3. The zero-order chi connectivity index (χ0) is 12.3. The van der Waals surface area contributed by atoms with Crippen LogP contribution in [0.2, 0.25) is 0 Å². The number of rotatable bonds is 3. The maximum Gasteiger partial charge on any atom is 0.416 e. The minimum atomic E-state index is -4.48. The van der Waals surface area contributed by atoms with Crippen molar-refractivity contribution in [2.75, 3.05) is 6.61 Å². The molecule has 0 heterocycles. The van der Waals surface area contributed by atoms with Gasteiger partial charge in [0.05, 0.1) is 22.2 Å². The molecule has 2 nitrogen and oxygen atoms in total. The van der Waals surface area contributed by atoms with Gasteiger partial charge in [-0.15, -0.1) is 0 Å². The van der Waals surface area contributed by atoms with E-state index in [9.17, 15) is 18.0 Å². The van der Waals surface area contributed by atoms with Crippen LogP contribution < -0.4 is 4.74 Å². The van der Waals surface area contributed by atoms with E-state index in [1.54, 1.807) is 6.92 Å². The number of carbonyl (C=O) groups excluding carboxylic acids is 1. The van der Waals surface area contributed by atoms with Crippen LogP contribution >= 0.6 is 15.9 Å². The minimum absolute atomic E-state index is 0.117. The lowest BCUT2D eigenvalue weighted by molar-refractivity contribution is -0.137. The van der Waals surface area contributed by atoms with Crippen LogP contribution in [0.3, 0.4) is 0 Å². The summed E-state index contributed by atoms with van der Waals surface area (Å²) in [6.07, 6.45) is -4.14. The van der Waals surface area contributed by atoms with Gasteiger partial charge < -0.3 is 4.74 Å². The lowest BCUT2D eigenvalue weighted by atomic mass is 10.1. The van der Waals surface area contributed by atoms with Gasteiger partial charge in [-0.3, -0.25) is 4.79 Å². The third-order valence-electron chi connectivity index (χ3n) is 1.82. The number of benzene rings is 1. The highest BCUT2D eigenvalue weighted by atomic mass is 79.9. The molecule has 1 aromatic carbocycles. The standard InChI is InChI=1S/C10H8BrF3O2/c1-2-16-9-6(5-15)3-7(4-8(9)11)10(12,13)14/h3-5H,2H2,1H3. The number of aldehydes is 1. The molecule has 0 aliphatic rings. The van der Waals surface area contributed by atoms with Gasteiger partial charge in [0.25, 0.3) is 0 Å². The molecule has 0 saturated carbocycles. The molecule has 1 rings (SSSR count). The number of ether oxygens (including phenoxy) is 1. The molecule has 0 spiro atoms. The first-order chi connectivity index (χ1) is 7.40. The molecule has 0 bridgehead atoms. The van der Waals surface area contributed by atoms with Crippen molar-refractivity contribution in [3.63, 3.8) is 0 Å². The van der Waals surface area contributed by atoms with E-state index in [0.29, 0.717) is 6.29 Å². The summed E-state index contributed by atoms with van der Waals surface area (Å²) in [7, 11) is 0. The fraction of sp³-hybridized carbons (Fsp3) is 0.300. The third kappa shape index (κ3) is 2.75. The molecule has 0 amide bonds. The Kier molecular flexibility index (Phi) is 3.96. The van der Waals surface area contributed by atoms with Gasteiger partial charge in [0.15, 0.2) is 6.29 Å². The molecule has 0 aliphatic carbocycles. The highest BCUT2D eigenvalue weighted by molar-refractivity contribution is 9.10. The van der Waals surface area contributed by atoms with Gasteiger partial charge in [-0.2, -0.15) is 13.2 Å².